The Morgan fingerprint density at radius 1 is 1.32 bits per heavy atom. The second-order valence-corrected chi connectivity index (χ2v) is 6.00. The van der Waals surface area contributed by atoms with Crippen molar-refractivity contribution in [2.75, 3.05) is 6.54 Å². The molecule has 1 aliphatic rings. The van der Waals surface area contributed by atoms with Crippen LogP contribution < -0.4 is 0 Å². The summed E-state index contributed by atoms with van der Waals surface area (Å²) in [6, 6.07) is 10.9. The van der Waals surface area contributed by atoms with Gasteiger partial charge in [0.05, 0.1) is 6.10 Å². The summed E-state index contributed by atoms with van der Waals surface area (Å²) in [6.45, 7) is 1.47. The molecule has 3 rings (SSSR count). The molecule has 2 atom stereocenters. The standard InChI is InChI=1S/C15H16FNOS/c16-12-4-1-3-11(7-12)15-8-13(18)9-17(15)10-14-5-2-6-19-14/h1-7,13,15,18H,8-10H2/t13-,15-/m1/s1. The Kier molecular flexibility index (Phi) is 3.64. The summed E-state index contributed by atoms with van der Waals surface area (Å²) in [5, 5.41) is 12.0. The molecular weight excluding hydrogens is 261 g/mol. The average molecular weight is 277 g/mol. The molecule has 0 spiro atoms. The molecule has 1 aromatic heterocycles. The molecule has 1 N–H and O–H groups in total. The van der Waals surface area contributed by atoms with E-state index in [1.807, 2.05) is 12.1 Å². The van der Waals surface area contributed by atoms with E-state index in [1.54, 1.807) is 23.5 Å². The predicted octanol–water partition coefficient (Wildman–Crippen LogP) is 3.20. The van der Waals surface area contributed by atoms with Crippen molar-refractivity contribution in [2.45, 2.75) is 25.1 Å². The number of thiophene rings is 1. The summed E-state index contributed by atoms with van der Waals surface area (Å²) < 4.78 is 13.3. The van der Waals surface area contributed by atoms with Gasteiger partial charge in [0.1, 0.15) is 5.82 Å². The van der Waals surface area contributed by atoms with Crippen molar-refractivity contribution in [3.05, 3.63) is 58.0 Å². The molecule has 1 aromatic carbocycles. The topological polar surface area (TPSA) is 23.5 Å². The van der Waals surface area contributed by atoms with Crippen molar-refractivity contribution in [3.8, 4) is 0 Å². The zero-order valence-electron chi connectivity index (χ0n) is 10.5. The molecular formula is C15H16FNOS. The first-order chi connectivity index (χ1) is 9.22. The van der Waals surface area contributed by atoms with Crippen LogP contribution in [0.15, 0.2) is 41.8 Å². The number of hydrogen-bond acceptors (Lipinski definition) is 3. The van der Waals surface area contributed by atoms with Crippen molar-refractivity contribution in [2.24, 2.45) is 0 Å². The molecule has 0 radical (unpaired) electrons. The summed E-state index contributed by atoms with van der Waals surface area (Å²) in [5.74, 6) is -0.213. The van der Waals surface area contributed by atoms with E-state index in [2.05, 4.69) is 16.3 Å². The molecule has 0 aliphatic carbocycles. The summed E-state index contributed by atoms with van der Waals surface area (Å²) >= 11 is 1.71. The van der Waals surface area contributed by atoms with E-state index in [0.717, 1.165) is 12.1 Å². The molecule has 0 saturated carbocycles. The fourth-order valence-electron chi connectivity index (χ4n) is 2.72. The Hall–Kier alpha value is -1.23. The molecule has 19 heavy (non-hydrogen) atoms. The van der Waals surface area contributed by atoms with Gasteiger partial charge >= 0.3 is 0 Å². The van der Waals surface area contributed by atoms with Gasteiger partial charge < -0.3 is 5.11 Å². The third-order valence-electron chi connectivity index (χ3n) is 3.55. The van der Waals surface area contributed by atoms with Gasteiger partial charge in [0.2, 0.25) is 0 Å². The monoisotopic (exact) mass is 277 g/mol. The Morgan fingerprint density at radius 3 is 2.95 bits per heavy atom. The fourth-order valence-corrected chi connectivity index (χ4v) is 3.45. The number of aliphatic hydroxyl groups excluding tert-OH is 1. The zero-order chi connectivity index (χ0) is 13.2. The number of likely N-dealkylation sites (tertiary alicyclic amines) is 1. The highest BCUT2D eigenvalue weighted by atomic mass is 32.1. The van der Waals surface area contributed by atoms with E-state index in [0.29, 0.717) is 13.0 Å². The highest BCUT2D eigenvalue weighted by Crippen LogP contribution is 2.34. The van der Waals surface area contributed by atoms with Crippen LogP contribution in [0.4, 0.5) is 4.39 Å². The van der Waals surface area contributed by atoms with Crippen LogP contribution in [0.25, 0.3) is 0 Å². The van der Waals surface area contributed by atoms with Crippen LogP contribution in [0, 0.1) is 5.82 Å². The number of hydrogen-bond donors (Lipinski definition) is 1. The first-order valence-corrected chi connectivity index (χ1v) is 7.30. The SMILES string of the molecule is O[C@@H]1C[C@H](c2cccc(F)c2)N(Cc2cccs2)C1. The lowest BCUT2D eigenvalue weighted by atomic mass is 10.0. The molecule has 2 heterocycles. The second kappa shape index (κ2) is 5.41. The Bertz CT molecular complexity index is 543. The smallest absolute Gasteiger partial charge is 0.123 e. The molecule has 2 aromatic rings. The minimum absolute atomic E-state index is 0.104. The van der Waals surface area contributed by atoms with E-state index >= 15 is 0 Å². The van der Waals surface area contributed by atoms with Gasteiger partial charge in [0.25, 0.3) is 0 Å². The third-order valence-corrected chi connectivity index (χ3v) is 4.41. The molecule has 1 fully saturated rings. The lowest BCUT2D eigenvalue weighted by Gasteiger charge is -2.23. The van der Waals surface area contributed by atoms with E-state index in [9.17, 15) is 9.50 Å². The average Bonchev–Trinajstić information content (AvgIpc) is 3.00. The highest BCUT2D eigenvalue weighted by molar-refractivity contribution is 7.09. The van der Waals surface area contributed by atoms with Crippen LogP contribution in [0.1, 0.15) is 22.9 Å². The van der Waals surface area contributed by atoms with Crippen LogP contribution >= 0.6 is 11.3 Å². The molecule has 1 saturated heterocycles. The van der Waals surface area contributed by atoms with Crippen LogP contribution in [-0.2, 0) is 6.54 Å². The van der Waals surface area contributed by atoms with Gasteiger partial charge in [0.15, 0.2) is 0 Å². The zero-order valence-corrected chi connectivity index (χ0v) is 11.3. The van der Waals surface area contributed by atoms with Crippen molar-refractivity contribution < 1.29 is 9.50 Å². The number of β-amino-alcohol motifs (C(OH)–C–C–N with tert-alkyl or cyclic N) is 1. The maximum Gasteiger partial charge on any atom is 0.123 e. The molecule has 0 amide bonds. The van der Waals surface area contributed by atoms with E-state index in [-0.39, 0.29) is 18.0 Å². The normalized spacial score (nSPS) is 23.9. The van der Waals surface area contributed by atoms with Crippen LogP contribution in [0.5, 0.6) is 0 Å². The summed E-state index contributed by atoms with van der Waals surface area (Å²) in [7, 11) is 0. The van der Waals surface area contributed by atoms with Crippen LogP contribution in [0.3, 0.4) is 0 Å². The minimum atomic E-state index is -0.326. The Balaban J connectivity index is 1.82. The lowest BCUT2D eigenvalue weighted by Crippen LogP contribution is -2.23. The molecule has 2 nitrogen and oxygen atoms in total. The maximum absolute atomic E-state index is 13.3. The minimum Gasteiger partial charge on any atom is -0.392 e. The van der Waals surface area contributed by atoms with Gasteiger partial charge in [0, 0.05) is 24.0 Å². The molecule has 100 valence electrons. The third kappa shape index (κ3) is 2.86. The molecule has 4 heteroatoms. The maximum atomic E-state index is 13.3. The molecule has 0 unspecified atom stereocenters. The van der Waals surface area contributed by atoms with Crippen molar-refractivity contribution in [3.63, 3.8) is 0 Å². The molecule has 1 aliphatic heterocycles. The van der Waals surface area contributed by atoms with Crippen molar-refractivity contribution in [1.82, 2.24) is 4.90 Å². The van der Waals surface area contributed by atoms with E-state index in [4.69, 9.17) is 0 Å². The number of rotatable bonds is 3. The quantitative estimate of drug-likeness (QED) is 0.931. The van der Waals surface area contributed by atoms with Gasteiger partial charge in [-0.3, -0.25) is 4.90 Å². The lowest BCUT2D eigenvalue weighted by molar-refractivity contribution is 0.173. The summed E-state index contributed by atoms with van der Waals surface area (Å²) in [5.41, 5.74) is 0.952. The van der Waals surface area contributed by atoms with Crippen LogP contribution in [0.2, 0.25) is 0 Å². The molecule has 0 bridgehead atoms. The summed E-state index contributed by atoms with van der Waals surface area (Å²) in [4.78, 5) is 3.50. The van der Waals surface area contributed by atoms with Gasteiger partial charge in [-0.05, 0) is 35.6 Å². The largest absolute Gasteiger partial charge is 0.392 e. The number of halogens is 1. The number of benzene rings is 1. The number of nitrogens with zero attached hydrogens (tertiary/aromatic N) is 1. The van der Waals surface area contributed by atoms with Gasteiger partial charge in [-0.15, -0.1) is 11.3 Å². The van der Waals surface area contributed by atoms with Crippen LogP contribution in [-0.4, -0.2) is 22.7 Å². The first-order valence-electron chi connectivity index (χ1n) is 6.42. The fraction of sp³-hybridized carbons (Fsp3) is 0.333. The highest BCUT2D eigenvalue weighted by Gasteiger charge is 2.32. The second-order valence-electron chi connectivity index (χ2n) is 4.97. The van der Waals surface area contributed by atoms with Gasteiger partial charge in [-0.1, -0.05) is 18.2 Å². The Labute approximate surface area is 116 Å². The van der Waals surface area contributed by atoms with Gasteiger partial charge in [-0.2, -0.15) is 0 Å². The van der Waals surface area contributed by atoms with E-state index < -0.39 is 0 Å². The number of aliphatic hydroxyl groups is 1. The van der Waals surface area contributed by atoms with Crippen molar-refractivity contribution >= 4 is 11.3 Å². The van der Waals surface area contributed by atoms with Gasteiger partial charge in [-0.25, -0.2) is 4.39 Å². The summed E-state index contributed by atoms with van der Waals surface area (Å²) in [6.07, 6.45) is 0.350. The van der Waals surface area contributed by atoms with E-state index in [1.165, 1.54) is 10.9 Å². The predicted molar refractivity (Wildman–Crippen MR) is 74.5 cm³/mol. The first kappa shape index (κ1) is 12.8. The Morgan fingerprint density at radius 2 is 2.21 bits per heavy atom. The van der Waals surface area contributed by atoms with Crippen molar-refractivity contribution in [1.29, 1.82) is 0 Å².